The molecule has 0 bridgehead atoms. The summed E-state index contributed by atoms with van der Waals surface area (Å²) < 4.78 is 19.3. The third-order valence-corrected chi connectivity index (χ3v) is 4.19. The molecule has 9 nitrogen and oxygen atoms in total. The molecule has 0 aliphatic carbocycles. The summed E-state index contributed by atoms with van der Waals surface area (Å²) in [6, 6.07) is 7.07. The number of ether oxygens (including phenoxy) is 1. The lowest BCUT2D eigenvalue weighted by molar-refractivity contribution is 0.122. The second-order valence-electron chi connectivity index (χ2n) is 6.04. The van der Waals surface area contributed by atoms with Gasteiger partial charge in [-0.3, -0.25) is 4.90 Å². The molecular weight excluding hydrogens is 365 g/mol. The van der Waals surface area contributed by atoms with E-state index < -0.39 is 5.82 Å². The maximum absolute atomic E-state index is 14.0. The zero-order valence-corrected chi connectivity index (χ0v) is 15.7. The first kappa shape index (κ1) is 19.5. The second-order valence-corrected chi connectivity index (χ2v) is 6.04. The maximum Gasteiger partial charge on any atom is 0.321 e. The topological polar surface area (TPSA) is 95.0 Å². The Bertz CT molecular complexity index is 856. The van der Waals surface area contributed by atoms with Crippen LogP contribution in [0.15, 0.2) is 35.6 Å². The Morgan fingerprint density at radius 1 is 1.39 bits per heavy atom. The monoisotopic (exact) mass is 387 g/mol. The number of morpholine rings is 1. The van der Waals surface area contributed by atoms with Crippen molar-refractivity contribution >= 4 is 29.7 Å². The summed E-state index contributed by atoms with van der Waals surface area (Å²) in [5.41, 5.74) is 4.21. The van der Waals surface area contributed by atoms with Crippen molar-refractivity contribution < 1.29 is 13.9 Å². The third kappa shape index (κ3) is 4.71. The molecule has 28 heavy (non-hydrogen) atoms. The van der Waals surface area contributed by atoms with E-state index in [1.165, 1.54) is 4.90 Å². The van der Waals surface area contributed by atoms with Gasteiger partial charge in [-0.25, -0.2) is 19.6 Å². The molecule has 0 unspecified atom stereocenters. The fraction of sp³-hybridized carbons (Fsp3) is 0.333. The fourth-order valence-corrected chi connectivity index (χ4v) is 2.67. The molecule has 2 heterocycles. The van der Waals surface area contributed by atoms with Gasteiger partial charge in [0, 0.05) is 32.9 Å². The molecule has 2 aromatic rings. The normalized spacial score (nSPS) is 14.2. The largest absolute Gasteiger partial charge is 0.378 e. The van der Waals surface area contributed by atoms with Crippen LogP contribution in [0.25, 0.3) is 0 Å². The predicted molar refractivity (Wildman–Crippen MR) is 106 cm³/mol. The van der Waals surface area contributed by atoms with E-state index in [2.05, 4.69) is 25.8 Å². The van der Waals surface area contributed by atoms with Crippen LogP contribution in [-0.4, -0.2) is 62.6 Å². The van der Waals surface area contributed by atoms with E-state index in [-0.39, 0.29) is 17.8 Å². The fourth-order valence-electron chi connectivity index (χ4n) is 2.67. The molecule has 1 aliphatic rings. The molecule has 0 spiro atoms. The summed E-state index contributed by atoms with van der Waals surface area (Å²) in [6.07, 6.45) is 2.69. The Hall–Kier alpha value is -3.27. The minimum absolute atomic E-state index is 0.192. The van der Waals surface area contributed by atoms with Crippen molar-refractivity contribution in [2.75, 3.05) is 55.6 Å². The van der Waals surface area contributed by atoms with Crippen LogP contribution in [0.3, 0.4) is 0 Å². The van der Waals surface area contributed by atoms with Crippen LogP contribution < -0.4 is 20.5 Å². The van der Waals surface area contributed by atoms with E-state index in [0.717, 1.165) is 17.4 Å². The molecule has 3 rings (SSSR count). The number of nitrogens with zero attached hydrogens (tertiary/aromatic N) is 5. The number of rotatable bonds is 5. The highest BCUT2D eigenvalue weighted by molar-refractivity contribution is 5.92. The number of hydrogen-bond acceptors (Lipinski definition) is 7. The summed E-state index contributed by atoms with van der Waals surface area (Å²) in [5, 5.41) is 6.67. The number of carbonyl (C=O) groups excluding carboxylic acids is 1. The number of carbonyl (C=O) groups is 1. The Morgan fingerprint density at radius 3 is 2.93 bits per heavy atom. The van der Waals surface area contributed by atoms with Gasteiger partial charge in [-0.2, -0.15) is 10.1 Å². The quantitative estimate of drug-likeness (QED) is 0.599. The molecule has 148 valence electrons. The lowest BCUT2D eigenvalue weighted by Gasteiger charge is -2.27. The number of nitrogens with one attached hydrogen (secondary N) is 2. The van der Waals surface area contributed by atoms with Crippen LogP contribution in [0.4, 0.5) is 26.6 Å². The predicted octanol–water partition coefficient (Wildman–Crippen LogP) is 1.67. The number of amides is 2. The molecule has 2 N–H and O–H groups in total. The first-order valence-electron chi connectivity index (χ1n) is 8.78. The van der Waals surface area contributed by atoms with E-state index in [4.69, 9.17) is 4.74 Å². The molecule has 0 atom stereocenters. The zero-order chi connectivity index (χ0) is 19.9. The van der Waals surface area contributed by atoms with Crippen molar-refractivity contribution in [2.45, 2.75) is 0 Å². The van der Waals surface area contributed by atoms with Crippen molar-refractivity contribution in [1.29, 1.82) is 0 Å². The average molecular weight is 387 g/mol. The molecule has 10 heteroatoms. The number of halogens is 1. The highest BCUT2D eigenvalue weighted by atomic mass is 19.1. The van der Waals surface area contributed by atoms with Gasteiger partial charge in [-0.1, -0.05) is 12.1 Å². The zero-order valence-electron chi connectivity index (χ0n) is 15.7. The highest BCUT2D eigenvalue weighted by Gasteiger charge is 2.17. The Labute approximate surface area is 162 Å². The van der Waals surface area contributed by atoms with Crippen LogP contribution in [0, 0.1) is 5.82 Å². The average Bonchev–Trinajstić information content (AvgIpc) is 2.74. The van der Waals surface area contributed by atoms with Crippen molar-refractivity contribution in [2.24, 2.45) is 5.10 Å². The van der Waals surface area contributed by atoms with Crippen molar-refractivity contribution in [3.05, 3.63) is 41.8 Å². The molecule has 2 amide bonds. The van der Waals surface area contributed by atoms with Crippen LogP contribution >= 0.6 is 0 Å². The number of aromatic nitrogens is 2. The standard InChI is InChI=1S/C18H22FN7O2/c1-20-18(27)25(2)14-5-3-4-13(10-14)11-22-24-17-21-12-15(19)16(23-17)26-6-8-28-9-7-26/h3-5,10-12H,6-9H2,1-2H3,(H,20,27)(H,21,23,24)/b22-11-. The van der Waals surface area contributed by atoms with Crippen LogP contribution in [0.5, 0.6) is 0 Å². The first-order chi connectivity index (χ1) is 13.6. The van der Waals surface area contributed by atoms with E-state index >= 15 is 0 Å². The highest BCUT2D eigenvalue weighted by Crippen LogP contribution is 2.18. The lowest BCUT2D eigenvalue weighted by Crippen LogP contribution is -2.37. The SMILES string of the molecule is CNC(=O)N(C)c1cccc(/C=N\Nc2ncc(F)c(N3CCOCC3)n2)c1. The van der Waals surface area contributed by atoms with Gasteiger partial charge in [0.05, 0.1) is 25.6 Å². The number of benzene rings is 1. The number of anilines is 3. The molecule has 0 radical (unpaired) electrons. The van der Waals surface area contributed by atoms with Crippen LogP contribution in [0.2, 0.25) is 0 Å². The van der Waals surface area contributed by atoms with Crippen molar-refractivity contribution in [3.8, 4) is 0 Å². The minimum atomic E-state index is -0.485. The molecule has 1 aromatic carbocycles. The van der Waals surface area contributed by atoms with Crippen molar-refractivity contribution in [3.63, 3.8) is 0 Å². The smallest absolute Gasteiger partial charge is 0.321 e. The Kier molecular flexibility index (Phi) is 6.33. The summed E-state index contributed by atoms with van der Waals surface area (Å²) in [6.45, 7) is 2.21. The first-order valence-corrected chi connectivity index (χ1v) is 8.78. The van der Waals surface area contributed by atoms with Gasteiger partial charge in [-0.05, 0) is 17.7 Å². The van der Waals surface area contributed by atoms with E-state index in [1.54, 1.807) is 20.3 Å². The second kappa shape index (κ2) is 9.09. The Balaban J connectivity index is 1.68. The maximum atomic E-state index is 14.0. The number of hydrogen-bond donors (Lipinski definition) is 2. The van der Waals surface area contributed by atoms with Gasteiger partial charge >= 0.3 is 6.03 Å². The van der Waals surface area contributed by atoms with Gasteiger partial charge in [0.25, 0.3) is 0 Å². The van der Waals surface area contributed by atoms with Crippen LogP contribution in [0.1, 0.15) is 5.56 Å². The number of urea groups is 1. The van der Waals surface area contributed by atoms with Gasteiger partial charge < -0.3 is 15.0 Å². The van der Waals surface area contributed by atoms with E-state index in [9.17, 15) is 9.18 Å². The van der Waals surface area contributed by atoms with Crippen LogP contribution in [-0.2, 0) is 4.74 Å². The molecule has 1 aliphatic heterocycles. The number of hydrazone groups is 1. The van der Waals surface area contributed by atoms with E-state index in [1.807, 2.05) is 29.2 Å². The lowest BCUT2D eigenvalue weighted by atomic mass is 10.2. The van der Waals surface area contributed by atoms with Gasteiger partial charge in [-0.15, -0.1) is 0 Å². The molecule has 1 fully saturated rings. The van der Waals surface area contributed by atoms with E-state index in [0.29, 0.717) is 26.3 Å². The molecular formula is C18H22FN7O2. The Morgan fingerprint density at radius 2 is 2.18 bits per heavy atom. The third-order valence-electron chi connectivity index (χ3n) is 4.19. The summed E-state index contributed by atoms with van der Waals surface area (Å²) in [5.74, 6) is -0.0654. The van der Waals surface area contributed by atoms with Gasteiger partial charge in [0.2, 0.25) is 5.95 Å². The molecule has 1 aromatic heterocycles. The van der Waals surface area contributed by atoms with Gasteiger partial charge in [0.15, 0.2) is 11.6 Å². The van der Waals surface area contributed by atoms with Crippen molar-refractivity contribution in [1.82, 2.24) is 15.3 Å². The molecule has 1 saturated heterocycles. The summed E-state index contributed by atoms with van der Waals surface area (Å²) in [4.78, 5) is 23.1. The van der Waals surface area contributed by atoms with Gasteiger partial charge in [0.1, 0.15) is 0 Å². The summed E-state index contributed by atoms with van der Waals surface area (Å²) in [7, 11) is 3.24. The minimum Gasteiger partial charge on any atom is -0.378 e. The summed E-state index contributed by atoms with van der Waals surface area (Å²) >= 11 is 0. The molecule has 0 saturated carbocycles.